The third kappa shape index (κ3) is 3.31. The zero-order valence-corrected chi connectivity index (χ0v) is 19.3. The van der Waals surface area contributed by atoms with Gasteiger partial charge in [0.25, 0.3) is 5.56 Å². The highest BCUT2D eigenvalue weighted by atomic mass is 16.6. The zero-order chi connectivity index (χ0) is 24.0. The van der Waals surface area contributed by atoms with Crippen LogP contribution in [0, 0.1) is 0 Å². The predicted octanol–water partition coefficient (Wildman–Crippen LogP) is 1.53. The Morgan fingerprint density at radius 1 is 1.29 bits per heavy atom. The molecule has 3 aromatic rings. The molecule has 0 radical (unpaired) electrons. The van der Waals surface area contributed by atoms with Gasteiger partial charge in [0.05, 0.1) is 36.1 Å². The lowest BCUT2D eigenvalue weighted by Gasteiger charge is -2.31. The van der Waals surface area contributed by atoms with E-state index in [9.17, 15) is 14.7 Å². The Balaban J connectivity index is 1.72. The van der Waals surface area contributed by atoms with Crippen LogP contribution in [0.5, 0.6) is 5.75 Å². The van der Waals surface area contributed by atoms with Crippen LogP contribution in [-0.2, 0) is 34.8 Å². The van der Waals surface area contributed by atoms with Crippen LogP contribution in [0.2, 0.25) is 0 Å². The van der Waals surface area contributed by atoms with Gasteiger partial charge in [-0.25, -0.2) is 9.78 Å². The molecule has 178 valence electrons. The van der Waals surface area contributed by atoms with Gasteiger partial charge in [0.2, 0.25) is 0 Å². The van der Waals surface area contributed by atoms with Gasteiger partial charge in [-0.3, -0.25) is 4.79 Å². The number of fused-ring (bicyclic) bond motifs is 5. The van der Waals surface area contributed by atoms with Gasteiger partial charge in [-0.05, 0) is 55.8 Å². The Morgan fingerprint density at radius 3 is 2.85 bits per heavy atom. The Hall–Kier alpha value is -3.27. The van der Waals surface area contributed by atoms with E-state index < -0.39 is 11.6 Å². The third-order valence-electron chi connectivity index (χ3n) is 6.87. The van der Waals surface area contributed by atoms with Gasteiger partial charge in [0.1, 0.15) is 12.4 Å². The van der Waals surface area contributed by atoms with Crippen LogP contribution in [-0.4, -0.2) is 40.8 Å². The molecule has 2 aliphatic heterocycles. The molecular weight excluding hydrogens is 436 g/mol. The molecule has 34 heavy (non-hydrogen) atoms. The van der Waals surface area contributed by atoms with Crippen LogP contribution in [0.3, 0.4) is 0 Å². The van der Waals surface area contributed by atoms with Crippen molar-refractivity contribution in [3.05, 3.63) is 56.9 Å². The number of rotatable bonds is 7. The number of esters is 1. The van der Waals surface area contributed by atoms with Crippen molar-refractivity contribution in [3.8, 4) is 17.1 Å². The Bertz CT molecular complexity index is 1370. The molecule has 0 fully saturated rings. The fourth-order valence-corrected chi connectivity index (χ4v) is 4.91. The number of carbonyl (C=O) groups is 1. The maximum atomic E-state index is 13.5. The average molecular weight is 465 g/mol. The van der Waals surface area contributed by atoms with Crippen LogP contribution >= 0.6 is 0 Å². The van der Waals surface area contributed by atoms with Gasteiger partial charge in [-0.15, -0.1) is 0 Å². The molecule has 1 atom stereocenters. The van der Waals surface area contributed by atoms with Gasteiger partial charge in [-0.1, -0.05) is 6.92 Å². The number of aromatic nitrogens is 2. The fourth-order valence-electron chi connectivity index (χ4n) is 4.91. The van der Waals surface area contributed by atoms with Crippen LogP contribution in [0.4, 0.5) is 0 Å². The van der Waals surface area contributed by atoms with E-state index in [4.69, 9.17) is 20.2 Å². The lowest BCUT2D eigenvalue weighted by molar-refractivity contribution is -0.172. The second-order valence-electron chi connectivity index (χ2n) is 8.72. The van der Waals surface area contributed by atoms with E-state index in [-0.39, 0.29) is 18.6 Å². The topological polar surface area (TPSA) is 129 Å². The van der Waals surface area contributed by atoms with Crippen molar-refractivity contribution in [2.24, 2.45) is 5.73 Å². The number of aliphatic hydroxyl groups is 1. The first-order valence-corrected chi connectivity index (χ1v) is 11.5. The second kappa shape index (κ2) is 8.50. The largest absolute Gasteiger partial charge is 0.497 e. The number of ether oxygens (including phenoxy) is 2. The van der Waals surface area contributed by atoms with Gasteiger partial charge in [0, 0.05) is 23.1 Å². The second-order valence-corrected chi connectivity index (χ2v) is 8.72. The summed E-state index contributed by atoms with van der Waals surface area (Å²) in [5, 5.41) is 15.5. The summed E-state index contributed by atoms with van der Waals surface area (Å²) in [7, 11) is 1.62. The van der Waals surface area contributed by atoms with Crippen molar-refractivity contribution < 1.29 is 19.4 Å². The number of nitrogens with two attached hydrogens (primary N) is 1. The van der Waals surface area contributed by atoms with Crippen molar-refractivity contribution in [2.45, 2.75) is 45.1 Å². The molecule has 0 saturated heterocycles. The summed E-state index contributed by atoms with van der Waals surface area (Å²) < 4.78 is 12.3. The number of hydrogen-bond donors (Lipinski definition) is 3. The van der Waals surface area contributed by atoms with Gasteiger partial charge in [0.15, 0.2) is 5.60 Å². The van der Waals surface area contributed by atoms with E-state index in [1.807, 2.05) is 18.2 Å². The molecule has 1 aromatic carbocycles. The highest BCUT2D eigenvalue weighted by molar-refractivity contribution is 5.90. The van der Waals surface area contributed by atoms with E-state index in [0.717, 1.165) is 40.7 Å². The number of nitrogens with zero attached hydrogens (tertiary/aromatic N) is 2. The first kappa shape index (κ1) is 22.5. The van der Waals surface area contributed by atoms with Crippen molar-refractivity contribution in [1.82, 2.24) is 14.9 Å². The zero-order valence-electron chi connectivity index (χ0n) is 19.3. The van der Waals surface area contributed by atoms with Gasteiger partial charge < -0.3 is 30.2 Å². The molecule has 0 aliphatic carbocycles. The predicted molar refractivity (Wildman–Crippen MR) is 126 cm³/mol. The van der Waals surface area contributed by atoms with Crippen LogP contribution in [0.1, 0.15) is 42.0 Å². The maximum Gasteiger partial charge on any atom is 0.343 e. The monoisotopic (exact) mass is 464 g/mol. The van der Waals surface area contributed by atoms with Crippen molar-refractivity contribution >= 4 is 16.9 Å². The van der Waals surface area contributed by atoms with Gasteiger partial charge >= 0.3 is 5.97 Å². The number of hydrogen-bond acceptors (Lipinski definition) is 8. The van der Waals surface area contributed by atoms with Crippen molar-refractivity contribution in [2.75, 3.05) is 20.2 Å². The van der Waals surface area contributed by atoms with E-state index in [2.05, 4.69) is 5.32 Å². The van der Waals surface area contributed by atoms with Crippen LogP contribution in [0.15, 0.2) is 29.1 Å². The maximum absolute atomic E-state index is 13.5. The summed E-state index contributed by atoms with van der Waals surface area (Å²) in [4.78, 5) is 30.8. The molecule has 9 nitrogen and oxygen atoms in total. The molecule has 4 heterocycles. The third-order valence-corrected chi connectivity index (χ3v) is 6.87. The summed E-state index contributed by atoms with van der Waals surface area (Å²) in [6.07, 6.45) is 0.959. The summed E-state index contributed by atoms with van der Waals surface area (Å²) in [5.74, 6) is -0.00213. The summed E-state index contributed by atoms with van der Waals surface area (Å²) in [6.45, 7) is 3.85. The summed E-state index contributed by atoms with van der Waals surface area (Å²) >= 11 is 0. The molecule has 0 unspecified atom stereocenters. The number of carbonyl (C=O) groups excluding carboxylic acids is 1. The normalized spacial score (nSPS) is 18.4. The number of benzene rings is 1. The molecule has 0 bridgehead atoms. The quantitative estimate of drug-likeness (QED) is 0.277. The number of nitrogens with one attached hydrogen (secondary N) is 1. The van der Waals surface area contributed by atoms with E-state index in [1.54, 1.807) is 24.7 Å². The molecule has 5 rings (SSSR count). The minimum atomic E-state index is -1.85. The lowest BCUT2D eigenvalue weighted by Crippen LogP contribution is -2.44. The number of methoxy groups -OCH3 is 1. The molecular formula is C25H28N4O5. The highest BCUT2D eigenvalue weighted by Gasteiger charge is 2.45. The van der Waals surface area contributed by atoms with E-state index in [1.165, 1.54) is 0 Å². The SMILES string of the molecule is CC[C@@]1(O)C(=O)OCc2c1cc1n(c2=O)Cc2c-1nc1ccc(OC)cc1c2CNCCCN. The van der Waals surface area contributed by atoms with Crippen molar-refractivity contribution in [3.63, 3.8) is 0 Å². The number of pyridine rings is 2. The Kier molecular flexibility index (Phi) is 5.63. The smallest absolute Gasteiger partial charge is 0.343 e. The van der Waals surface area contributed by atoms with E-state index in [0.29, 0.717) is 42.1 Å². The highest BCUT2D eigenvalue weighted by Crippen LogP contribution is 2.40. The van der Waals surface area contributed by atoms with Crippen LogP contribution in [0.25, 0.3) is 22.3 Å². The van der Waals surface area contributed by atoms with Gasteiger partial charge in [-0.2, -0.15) is 0 Å². The molecule has 0 amide bonds. The minimum absolute atomic E-state index is 0.107. The molecule has 0 spiro atoms. The first-order chi connectivity index (χ1) is 16.4. The Labute approximate surface area is 196 Å². The minimum Gasteiger partial charge on any atom is -0.497 e. The van der Waals surface area contributed by atoms with Crippen molar-refractivity contribution in [1.29, 1.82) is 0 Å². The van der Waals surface area contributed by atoms with Crippen LogP contribution < -0.4 is 21.3 Å². The standard InChI is InChI=1S/C25H28N4O5/c1-3-25(32)19-10-21-22-17(12-29(21)23(30)18(19)13-34-24(25)31)16(11-27-8-4-7-26)15-9-14(33-2)5-6-20(15)28-22/h5-6,9-10,27,32H,3-4,7-8,11-13,26H2,1-2H3/t25-/m0/s1. The molecule has 2 aromatic heterocycles. The first-order valence-electron chi connectivity index (χ1n) is 11.5. The molecule has 2 aliphatic rings. The summed E-state index contributed by atoms with van der Waals surface area (Å²) in [5.41, 5.74) is 8.19. The fraction of sp³-hybridized carbons (Fsp3) is 0.400. The summed E-state index contributed by atoms with van der Waals surface area (Å²) in [6, 6.07) is 7.45. The average Bonchev–Trinajstić information content (AvgIpc) is 3.22. The number of cyclic esters (lactones) is 1. The lowest BCUT2D eigenvalue weighted by atomic mass is 9.86. The molecule has 4 N–H and O–H groups in total. The Morgan fingerprint density at radius 2 is 2.12 bits per heavy atom. The molecule has 0 saturated carbocycles. The van der Waals surface area contributed by atoms with E-state index >= 15 is 0 Å². The molecule has 9 heteroatoms.